The molecule has 0 aliphatic carbocycles. The van der Waals surface area contributed by atoms with E-state index in [0.717, 1.165) is 42.7 Å². The Bertz CT molecular complexity index is 710. The van der Waals surface area contributed by atoms with E-state index < -0.39 is 0 Å². The lowest BCUT2D eigenvalue weighted by Crippen LogP contribution is -2.07. The summed E-state index contributed by atoms with van der Waals surface area (Å²) in [5.74, 6) is 0.432. The van der Waals surface area contributed by atoms with Crippen molar-refractivity contribution < 1.29 is 14.3 Å². The number of aromatic nitrogens is 1. The highest BCUT2D eigenvalue weighted by Gasteiger charge is 2.06. The van der Waals surface area contributed by atoms with Crippen LogP contribution in [0.1, 0.15) is 83.6 Å². The molecule has 164 valence electrons. The molecule has 1 aromatic carbocycles. The molecule has 0 bridgehead atoms. The van der Waals surface area contributed by atoms with Crippen molar-refractivity contribution in [3.63, 3.8) is 0 Å². The molecule has 30 heavy (non-hydrogen) atoms. The molecule has 0 N–H and O–H groups in total. The van der Waals surface area contributed by atoms with E-state index in [0.29, 0.717) is 18.8 Å². The van der Waals surface area contributed by atoms with E-state index >= 15 is 0 Å². The number of hydrogen-bond donors (Lipinski definition) is 0. The van der Waals surface area contributed by atoms with Gasteiger partial charge in [-0.05, 0) is 48.7 Å². The van der Waals surface area contributed by atoms with Crippen LogP contribution in [0.15, 0.2) is 42.6 Å². The lowest BCUT2D eigenvalue weighted by molar-refractivity contribution is -0.134. The third-order valence-electron chi connectivity index (χ3n) is 5.10. The Morgan fingerprint density at radius 3 is 2.20 bits per heavy atom. The molecule has 0 fully saturated rings. The zero-order valence-corrected chi connectivity index (χ0v) is 18.7. The molecule has 0 amide bonds. The smallest absolute Gasteiger partial charge is 0.311 e. The van der Waals surface area contributed by atoms with Gasteiger partial charge in [0.15, 0.2) is 0 Å². The van der Waals surface area contributed by atoms with Crippen molar-refractivity contribution in [2.75, 3.05) is 6.61 Å². The SMILES string of the molecule is CCCCCCCC(=O)Oc1ccc(-c2ccc(COCCCCCC)cn2)cc1. The summed E-state index contributed by atoms with van der Waals surface area (Å²) < 4.78 is 11.2. The standard InChI is InChI=1S/C26H37NO3/c1-3-5-7-9-10-12-26(28)30-24-16-14-23(15-17-24)25-18-13-22(20-27-25)21-29-19-11-8-6-4-2/h13-18,20H,3-12,19,21H2,1-2H3. The van der Waals surface area contributed by atoms with Crippen LogP contribution in [0.4, 0.5) is 0 Å². The molecular weight excluding hydrogens is 374 g/mol. The lowest BCUT2D eigenvalue weighted by atomic mass is 10.1. The molecule has 0 radical (unpaired) electrons. The molecule has 0 atom stereocenters. The Kier molecular flexibility index (Phi) is 11.8. The first-order chi connectivity index (χ1) is 14.7. The summed E-state index contributed by atoms with van der Waals surface area (Å²) in [6.45, 7) is 5.81. The van der Waals surface area contributed by atoms with E-state index in [-0.39, 0.29) is 5.97 Å². The first kappa shape index (κ1) is 24.1. The minimum atomic E-state index is -0.156. The number of carbonyl (C=O) groups is 1. The number of unbranched alkanes of at least 4 members (excludes halogenated alkanes) is 7. The zero-order valence-electron chi connectivity index (χ0n) is 18.7. The van der Waals surface area contributed by atoms with Crippen molar-refractivity contribution in [1.29, 1.82) is 0 Å². The number of rotatable bonds is 15. The van der Waals surface area contributed by atoms with Crippen LogP contribution >= 0.6 is 0 Å². The van der Waals surface area contributed by atoms with Gasteiger partial charge >= 0.3 is 5.97 Å². The molecule has 4 heteroatoms. The maximum atomic E-state index is 12.0. The van der Waals surface area contributed by atoms with Crippen LogP contribution in [0.2, 0.25) is 0 Å². The summed E-state index contributed by atoms with van der Waals surface area (Å²) in [5, 5.41) is 0. The van der Waals surface area contributed by atoms with Crippen LogP contribution in [0.5, 0.6) is 5.75 Å². The Morgan fingerprint density at radius 1 is 0.833 bits per heavy atom. The second-order valence-electron chi connectivity index (χ2n) is 7.83. The first-order valence-corrected chi connectivity index (χ1v) is 11.6. The molecule has 0 aliphatic heterocycles. The van der Waals surface area contributed by atoms with Gasteiger partial charge in [-0.25, -0.2) is 0 Å². The van der Waals surface area contributed by atoms with Gasteiger partial charge in [-0.3, -0.25) is 9.78 Å². The van der Waals surface area contributed by atoms with Crippen LogP contribution < -0.4 is 4.74 Å². The molecule has 0 saturated heterocycles. The van der Waals surface area contributed by atoms with Crippen molar-refractivity contribution in [3.8, 4) is 17.0 Å². The molecule has 1 heterocycles. The minimum Gasteiger partial charge on any atom is -0.427 e. The number of ether oxygens (including phenoxy) is 2. The normalized spacial score (nSPS) is 10.9. The van der Waals surface area contributed by atoms with Gasteiger partial charge in [-0.1, -0.05) is 64.9 Å². The summed E-state index contributed by atoms with van der Waals surface area (Å²) in [7, 11) is 0. The predicted molar refractivity (Wildman–Crippen MR) is 122 cm³/mol. The molecule has 0 aliphatic rings. The highest BCUT2D eigenvalue weighted by molar-refractivity contribution is 5.72. The van der Waals surface area contributed by atoms with Gasteiger partial charge in [0.25, 0.3) is 0 Å². The monoisotopic (exact) mass is 411 g/mol. The molecular formula is C26H37NO3. The van der Waals surface area contributed by atoms with E-state index in [2.05, 4.69) is 24.9 Å². The van der Waals surface area contributed by atoms with Crippen molar-refractivity contribution in [2.45, 2.75) is 84.7 Å². The Hall–Kier alpha value is -2.20. The summed E-state index contributed by atoms with van der Waals surface area (Å²) in [6, 6.07) is 11.6. The maximum absolute atomic E-state index is 12.0. The molecule has 2 aromatic rings. The van der Waals surface area contributed by atoms with Gasteiger partial charge in [0.2, 0.25) is 0 Å². The Labute approximate surface area is 182 Å². The topological polar surface area (TPSA) is 48.4 Å². The molecule has 0 unspecified atom stereocenters. The van der Waals surface area contributed by atoms with Crippen LogP contribution in [-0.2, 0) is 16.1 Å². The third-order valence-corrected chi connectivity index (χ3v) is 5.10. The van der Waals surface area contributed by atoms with E-state index in [9.17, 15) is 4.79 Å². The van der Waals surface area contributed by atoms with Crippen LogP contribution in [-0.4, -0.2) is 17.6 Å². The Balaban J connectivity index is 1.74. The van der Waals surface area contributed by atoms with Gasteiger partial charge < -0.3 is 9.47 Å². The van der Waals surface area contributed by atoms with Crippen LogP contribution in [0.3, 0.4) is 0 Å². The van der Waals surface area contributed by atoms with Crippen molar-refractivity contribution >= 4 is 5.97 Å². The van der Waals surface area contributed by atoms with Gasteiger partial charge in [0, 0.05) is 24.8 Å². The molecule has 1 aromatic heterocycles. The van der Waals surface area contributed by atoms with Gasteiger partial charge in [0.1, 0.15) is 5.75 Å². The molecule has 0 saturated carbocycles. The largest absolute Gasteiger partial charge is 0.427 e. The number of pyridine rings is 1. The third kappa shape index (κ3) is 9.53. The average molecular weight is 412 g/mol. The number of benzene rings is 1. The average Bonchev–Trinajstić information content (AvgIpc) is 2.77. The predicted octanol–water partition coefficient (Wildman–Crippen LogP) is 7.11. The fraction of sp³-hybridized carbons (Fsp3) is 0.538. The van der Waals surface area contributed by atoms with E-state index in [1.165, 1.54) is 38.5 Å². The van der Waals surface area contributed by atoms with Crippen LogP contribution in [0, 0.1) is 0 Å². The summed E-state index contributed by atoms with van der Waals surface area (Å²) in [6.07, 6.45) is 12.8. The highest BCUT2D eigenvalue weighted by Crippen LogP contribution is 2.21. The number of esters is 1. The minimum absolute atomic E-state index is 0.156. The maximum Gasteiger partial charge on any atom is 0.311 e. The highest BCUT2D eigenvalue weighted by atomic mass is 16.5. The quantitative estimate of drug-likeness (QED) is 0.178. The fourth-order valence-electron chi connectivity index (χ4n) is 3.25. The van der Waals surface area contributed by atoms with Crippen molar-refractivity contribution in [3.05, 3.63) is 48.2 Å². The number of nitrogens with zero attached hydrogens (tertiary/aromatic N) is 1. The van der Waals surface area contributed by atoms with E-state index in [1.54, 1.807) is 0 Å². The second kappa shape index (κ2) is 14.7. The Morgan fingerprint density at radius 2 is 1.53 bits per heavy atom. The van der Waals surface area contributed by atoms with Gasteiger partial charge in [-0.15, -0.1) is 0 Å². The van der Waals surface area contributed by atoms with Crippen LogP contribution in [0.25, 0.3) is 11.3 Å². The summed E-state index contributed by atoms with van der Waals surface area (Å²) in [4.78, 5) is 16.5. The van der Waals surface area contributed by atoms with Crippen molar-refractivity contribution in [1.82, 2.24) is 4.98 Å². The fourth-order valence-corrected chi connectivity index (χ4v) is 3.25. The number of hydrogen-bond acceptors (Lipinski definition) is 4. The van der Waals surface area contributed by atoms with E-state index in [1.807, 2.05) is 36.5 Å². The van der Waals surface area contributed by atoms with Gasteiger partial charge in [-0.2, -0.15) is 0 Å². The molecule has 2 rings (SSSR count). The second-order valence-corrected chi connectivity index (χ2v) is 7.83. The molecule has 4 nitrogen and oxygen atoms in total. The summed E-state index contributed by atoms with van der Waals surface area (Å²) in [5.41, 5.74) is 2.98. The zero-order chi connectivity index (χ0) is 21.4. The van der Waals surface area contributed by atoms with Gasteiger partial charge in [0.05, 0.1) is 12.3 Å². The van der Waals surface area contributed by atoms with Crippen molar-refractivity contribution in [2.24, 2.45) is 0 Å². The molecule has 0 spiro atoms. The summed E-state index contributed by atoms with van der Waals surface area (Å²) >= 11 is 0. The lowest BCUT2D eigenvalue weighted by Gasteiger charge is -2.07. The number of carbonyl (C=O) groups excluding carboxylic acids is 1. The van der Waals surface area contributed by atoms with E-state index in [4.69, 9.17) is 9.47 Å². The first-order valence-electron chi connectivity index (χ1n) is 11.6.